The summed E-state index contributed by atoms with van der Waals surface area (Å²) in [5, 5.41) is 6.87. The number of alkyl halides is 3. The van der Waals surface area contributed by atoms with Crippen molar-refractivity contribution in [1.82, 2.24) is 24.6 Å². The Morgan fingerprint density at radius 1 is 1.16 bits per heavy atom. The molecule has 0 radical (unpaired) electrons. The highest BCUT2D eigenvalue weighted by Gasteiger charge is 2.34. The van der Waals surface area contributed by atoms with E-state index < -0.39 is 17.6 Å². The largest absolute Gasteiger partial charge is 0.464 e. The molecule has 3 aromatic heterocycles. The summed E-state index contributed by atoms with van der Waals surface area (Å²) >= 11 is 0. The fraction of sp³-hybridized carbons (Fsp3) is 0.190. The summed E-state index contributed by atoms with van der Waals surface area (Å²) in [6, 6.07) is 8.14. The number of nitrogens with one attached hydrogen (secondary N) is 1. The van der Waals surface area contributed by atoms with Crippen LogP contribution in [0.1, 0.15) is 28.5 Å². The zero-order valence-electron chi connectivity index (χ0n) is 17.0. The lowest BCUT2D eigenvalue weighted by Gasteiger charge is -2.12. The molecule has 4 aromatic rings. The van der Waals surface area contributed by atoms with Crippen molar-refractivity contribution in [2.24, 2.45) is 0 Å². The fourth-order valence-electron chi connectivity index (χ4n) is 3.20. The summed E-state index contributed by atoms with van der Waals surface area (Å²) in [5.41, 5.74) is -0.245. The van der Waals surface area contributed by atoms with Gasteiger partial charge in [-0.05, 0) is 32.0 Å². The highest BCUT2D eigenvalue weighted by molar-refractivity contribution is 6.08. The number of ether oxygens (including phenoxy) is 1. The van der Waals surface area contributed by atoms with Gasteiger partial charge in [0.15, 0.2) is 5.65 Å². The first-order valence-corrected chi connectivity index (χ1v) is 9.57. The normalized spacial score (nSPS) is 11.5. The first kappa shape index (κ1) is 21.2. The number of nitrogens with zero attached hydrogens (tertiary/aromatic N) is 5. The lowest BCUT2D eigenvalue weighted by atomic mass is 10.0. The zero-order chi connectivity index (χ0) is 22.9. The number of hydrogen-bond acceptors (Lipinski definition) is 6. The van der Waals surface area contributed by atoms with E-state index in [9.17, 15) is 18.0 Å². The van der Waals surface area contributed by atoms with Gasteiger partial charge in [-0.3, -0.25) is 4.79 Å². The van der Waals surface area contributed by atoms with E-state index in [1.807, 2.05) is 0 Å². The van der Waals surface area contributed by atoms with Crippen molar-refractivity contribution in [2.45, 2.75) is 20.0 Å². The van der Waals surface area contributed by atoms with Gasteiger partial charge in [-0.2, -0.15) is 23.3 Å². The number of benzene rings is 1. The van der Waals surface area contributed by atoms with E-state index in [-0.39, 0.29) is 34.3 Å². The van der Waals surface area contributed by atoms with Gasteiger partial charge in [0, 0.05) is 18.0 Å². The maximum atomic E-state index is 13.5. The Bertz CT molecular complexity index is 1300. The van der Waals surface area contributed by atoms with Crippen LogP contribution in [0.25, 0.3) is 16.9 Å². The third-order valence-electron chi connectivity index (χ3n) is 4.54. The second-order valence-corrected chi connectivity index (χ2v) is 6.70. The van der Waals surface area contributed by atoms with Crippen LogP contribution in [-0.4, -0.2) is 37.1 Å². The van der Waals surface area contributed by atoms with Crippen LogP contribution in [0, 0.1) is 6.92 Å². The van der Waals surface area contributed by atoms with Crippen LogP contribution in [-0.2, 0) is 6.18 Å². The third kappa shape index (κ3) is 4.09. The molecule has 0 spiro atoms. The van der Waals surface area contributed by atoms with Crippen LogP contribution in [0.3, 0.4) is 0 Å². The topological polar surface area (TPSA) is 94.3 Å². The molecule has 8 nitrogen and oxygen atoms in total. The molecular formula is C21H17F3N6O2. The summed E-state index contributed by atoms with van der Waals surface area (Å²) in [5.74, 6) is -0.363. The predicted molar refractivity (Wildman–Crippen MR) is 109 cm³/mol. The summed E-state index contributed by atoms with van der Waals surface area (Å²) in [4.78, 5) is 25.3. The van der Waals surface area contributed by atoms with Crippen molar-refractivity contribution < 1.29 is 22.7 Å². The van der Waals surface area contributed by atoms with E-state index in [1.165, 1.54) is 47.2 Å². The standard InChI is InChI=1S/C21H17F3N6O2/c1-3-32-20-25-10-8-16(28-20)27-19(31)17-12(2)29-30-11-9-15(26-18(17)30)13-6-4-5-7-14(13)21(22,23)24/h4-11H,3H2,1-2H3,(H,25,27,28,31). The lowest BCUT2D eigenvalue weighted by molar-refractivity contribution is -0.137. The molecule has 0 saturated heterocycles. The molecule has 1 aromatic carbocycles. The monoisotopic (exact) mass is 442 g/mol. The van der Waals surface area contributed by atoms with Crippen molar-refractivity contribution in [3.63, 3.8) is 0 Å². The molecule has 0 atom stereocenters. The third-order valence-corrected chi connectivity index (χ3v) is 4.54. The average molecular weight is 442 g/mol. The van der Waals surface area contributed by atoms with E-state index in [4.69, 9.17) is 4.74 Å². The Morgan fingerprint density at radius 3 is 2.69 bits per heavy atom. The Labute approximate surface area is 180 Å². The minimum Gasteiger partial charge on any atom is -0.464 e. The van der Waals surface area contributed by atoms with Gasteiger partial charge in [0.25, 0.3) is 5.91 Å². The molecule has 0 aliphatic heterocycles. The summed E-state index contributed by atoms with van der Waals surface area (Å²) in [6.07, 6.45) is -1.65. The van der Waals surface area contributed by atoms with E-state index in [1.54, 1.807) is 13.8 Å². The van der Waals surface area contributed by atoms with Gasteiger partial charge in [-0.25, -0.2) is 14.5 Å². The van der Waals surface area contributed by atoms with E-state index >= 15 is 0 Å². The van der Waals surface area contributed by atoms with Crippen LogP contribution in [0.15, 0.2) is 48.8 Å². The van der Waals surface area contributed by atoms with Crippen molar-refractivity contribution in [1.29, 1.82) is 0 Å². The molecule has 0 bridgehead atoms. The van der Waals surface area contributed by atoms with Gasteiger partial charge in [-0.1, -0.05) is 18.2 Å². The molecule has 3 heterocycles. The number of rotatable bonds is 5. The van der Waals surface area contributed by atoms with Gasteiger partial charge in [0.2, 0.25) is 0 Å². The number of amides is 1. The molecule has 1 amide bonds. The summed E-state index contributed by atoms with van der Waals surface area (Å²) < 4.78 is 46.9. The molecule has 32 heavy (non-hydrogen) atoms. The molecular weight excluding hydrogens is 425 g/mol. The second kappa shape index (κ2) is 8.25. The number of anilines is 1. The minimum absolute atomic E-state index is 0.0695. The number of hydrogen-bond donors (Lipinski definition) is 1. The number of carbonyl (C=O) groups is 1. The van der Waals surface area contributed by atoms with Crippen LogP contribution in [0.5, 0.6) is 6.01 Å². The zero-order valence-corrected chi connectivity index (χ0v) is 17.0. The number of aromatic nitrogens is 5. The van der Waals surface area contributed by atoms with Crippen molar-refractivity contribution in [3.05, 3.63) is 65.6 Å². The van der Waals surface area contributed by atoms with Gasteiger partial charge < -0.3 is 10.1 Å². The van der Waals surface area contributed by atoms with Gasteiger partial charge >= 0.3 is 12.2 Å². The predicted octanol–water partition coefficient (Wildman–Crippen LogP) is 4.16. The van der Waals surface area contributed by atoms with Crippen LogP contribution < -0.4 is 10.1 Å². The van der Waals surface area contributed by atoms with Gasteiger partial charge in [0.05, 0.1) is 23.6 Å². The highest BCUT2D eigenvalue weighted by atomic mass is 19.4. The van der Waals surface area contributed by atoms with E-state index in [0.717, 1.165) is 6.07 Å². The first-order chi connectivity index (χ1) is 15.3. The number of carbonyl (C=O) groups excluding carboxylic acids is 1. The van der Waals surface area contributed by atoms with E-state index in [2.05, 4.69) is 25.4 Å². The number of halogens is 3. The fourth-order valence-corrected chi connectivity index (χ4v) is 3.20. The number of fused-ring (bicyclic) bond motifs is 1. The maximum Gasteiger partial charge on any atom is 0.417 e. The molecule has 0 aliphatic carbocycles. The first-order valence-electron chi connectivity index (χ1n) is 9.57. The molecule has 164 valence electrons. The van der Waals surface area contributed by atoms with Crippen molar-refractivity contribution in [2.75, 3.05) is 11.9 Å². The summed E-state index contributed by atoms with van der Waals surface area (Å²) in [6.45, 7) is 3.74. The molecule has 0 saturated carbocycles. The highest BCUT2D eigenvalue weighted by Crippen LogP contribution is 2.36. The van der Waals surface area contributed by atoms with Crippen LogP contribution in [0.4, 0.5) is 19.0 Å². The molecule has 0 fully saturated rings. The maximum absolute atomic E-state index is 13.5. The molecule has 4 rings (SSSR count). The summed E-state index contributed by atoms with van der Waals surface area (Å²) in [7, 11) is 0. The Kier molecular flexibility index (Phi) is 5.47. The van der Waals surface area contributed by atoms with Gasteiger partial charge in [0.1, 0.15) is 11.4 Å². The SMILES string of the molecule is CCOc1nccc(NC(=O)c2c(C)nn3ccc(-c4ccccc4C(F)(F)F)nc23)n1. The van der Waals surface area contributed by atoms with E-state index in [0.29, 0.717) is 12.3 Å². The molecule has 1 N–H and O–H groups in total. The Balaban J connectivity index is 1.75. The lowest BCUT2D eigenvalue weighted by Crippen LogP contribution is -2.15. The number of aryl methyl sites for hydroxylation is 1. The van der Waals surface area contributed by atoms with Crippen LogP contribution >= 0.6 is 0 Å². The van der Waals surface area contributed by atoms with Crippen LogP contribution in [0.2, 0.25) is 0 Å². The van der Waals surface area contributed by atoms with Crippen molar-refractivity contribution in [3.8, 4) is 17.3 Å². The smallest absolute Gasteiger partial charge is 0.417 e. The average Bonchev–Trinajstić information content (AvgIpc) is 3.08. The second-order valence-electron chi connectivity index (χ2n) is 6.70. The molecule has 0 unspecified atom stereocenters. The molecule has 0 aliphatic rings. The quantitative estimate of drug-likeness (QED) is 0.499. The minimum atomic E-state index is -4.55. The van der Waals surface area contributed by atoms with Gasteiger partial charge in [-0.15, -0.1) is 0 Å². The Morgan fingerprint density at radius 2 is 1.94 bits per heavy atom. The molecule has 11 heteroatoms. The Hall–Kier alpha value is -4.02. The van der Waals surface area contributed by atoms with Crippen molar-refractivity contribution >= 4 is 17.4 Å².